The lowest BCUT2D eigenvalue weighted by Crippen LogP contribution is -2.16. The highest BCUT2D eigenvalue weighted by Gasteiger charge is 2.15. The Bertz CT molecular complexity index is 916. The molecular formula is C19H21N5O2. The van der Waals surface area contributed by atoms with E-state index >= 15 is 0 Å². The minimum absolute atomic E-state index is 0.124. The predicted octanol–water partition coefficient (Wildman–Crippen LogP) is 2.33. The van der Waals surface area contributed by atoms with Gasteiger partial charge >= 0.3 is 5.97 Å². The third kappa shape index (κ3) is 3.57. The Hall–Kier alpha value is -3.19. The van der Waals surface area contributed by atoms with E-state index in [0.717, 1.165) is 22.5 Å². The van der Waals surface area contributed by atoms with Crippen molar-refractivity contribution in [3.8, 4) is 22.5 Å². The molecule has 0 aliphatic rings. The summed E-state index contributed by atoms with van der Waals surface area (Å²) >= 11 is 0. The quantitative estimate of drug-likeness (QED) is 0.707. The SMILES string of the molecule is CN(C)c1ccc(-c2cc(-c3cc(C(=O)O)n(CCN)n3)ccn2)cc1. The fourth-order valence-electron chi connectivity index (χ4n) is 2.70. The lowest BCUT2D eigenvalue weighted by Gasteiger charge is -2.12. The molecule has 1 aromatic carbocycles. The highest BCUT2D eigenvalue weighted by atomic mass is 16.4. The number of hydrogen-bond acceptors (Lipinski definition) is 5. The third-order valence-electron chi connectivity index (χ3n) is 4.08. The molecule has 0 saturated carbocycles. The topological polar surface area (TPSA) is 97.3 Å². The van der Waals surface area contributed by atoms with Crippen molar-refractivity contribution in [1.29, 1.82) is 0 Å². The Morgan fingerprint density at radius 1 is 1.12 bits per heavy atom. The molecule has 0 atom stereocenters. The number of nitrogens with two attached hydrogens (primary N) is 1. The number of hydrogen-bond donors (Lipinski definition) is 2. The summed E-state index contributed by atoms with van der Waals surface area (Å²) < 4.78 is 1.42. The van der Waals surface area contributed by atoms with Crippen molar-refractivity contribution in [3.05, 3.63) is 54.4 Å². The Morgan fingerprint density at radius 2 is 1.85 bits per heavy atom. The summed E-state index contributed by atoms with van der Waals surface area (Å²) in [4.78, 5) is 17.9. The first kappa shape index (κ1) is 17.6. The molecule has 0 radical (unpaired) electrons. The van der Waals surface area contributed by atoms with Crippen molar-refractivity contribution in [1.82, 2.24) is 14.8 Å². The maximum atomic E-state index is 11.4. The molecule has 7 nitrogen and oxygen atoms in total. The Kier molecular flexibility index (Phi) is 4.99. The van der Waals surface area contributed by atoms with Crippen LogP contribution < -0.4 is 10.6 Å². The average molecular weight is 351 g/mol. The van der Waals surface area contributed by atoms with E-state index in [1.165, 1.54) is 4.68 Å². The second-order valence-electron chi connectivity index (χ2n) is 6.10. The minimum Gasteiger partial charge on any atom is -0.477 e. The smallest absolute Gasteiger partial charge is 0.354 e. The first-order valence-electron chi connectivity index (χ1n) is 8.25. The maximum Gasteiger partial charge on any atom is 0.354 e. The third-order valence-corrected chi connectivity index (χ3v) is 4.08. The number of anilines is 1. The van der Waals surface area contributed by atoms with E-state index in [4.69, 9.17) is 5.73 Å². The van der Waals surface area contributed by atoms with Gasteiger partial charge in [-0.05, 0) is 30.3 Å². The fraction of sp³-hybridized carbons (Fsp3) is 0.211. The van der Waals surface area contributed by atoms with Crippen molar-refractivity contribution < 1.29 is 9.90 Å². The summed E-state index contributed by atoms with van der Waals surface area (Å²) in [5.41, 5.74) is 9.96. The van der Waals surface area contributed by atoms with Gasteiger partial charge in [0.25, 0.3) is 0 Å². The molecule has 0 fully saturated rings. The van der Waals surface area contributed by atoms with Crippen molar-refractivity contribution >= 4 is 11.7 Å². The normalized spacial score (nSPS) is 10.7. The maximum absolute atomic E-state index is 11.4. The van der Waals surface area contributed by atoms with E-state index < -0.39 is 5.97 Å². The molecule has 0 aliphatic carbocycles. The zero-order valence-electron chi connectivity index (χ0n) is 14.8. The van der Waals surface area contributed by atoms with Gasteiger partial charge in [0.05, 0.1) is 17.9 Å². The molecule has 0 aliphatic heterocycles. The van der Waals surface area contributed by atoms with Gasteiger partial charge in [-0.2, -0.15) is 5.10 Å². The van der Waals surface area contributed by atoms with Gasteiger partial charge < -0.3 is 15.7 Å². The second-order valence-corrected chi connectivity index (χ2v) is 6.10. The molecule has 7 heteroatoms. The summed E-state index contributed by atoms with van der Waals surface area (Å²) in [5.74, 6) is -1.02. The number of nitrogens with zero attached hydrogens (tertiary/aromatic N) is 4. The number of rotatable bonds is 6. The van der Waals surface area contributed by atoms with Crippen LogP contribution in [0.2, 0.25) is 0 Å². The molecule has 26 heavy (non-hydrogen) atoms. The van der Waals surface area contributed by atoms with E-state index in [2.05, 4.69) is 10.1 Å². The molecule has 0 unspecified atom stereocenters. The Balaban J connectivity index is 1.97. The summed E-state index contributed by atoms with van der Waals surface area (Å²) in [6, 6.07) is 13.4. The van der Waals surface area contributed by atoms with Crippen LogP contribution in [-0.2, 0) is 6.54 Å². The first-order valence-corrected chi connectivity index (χ1v) is 8.25. The predicted molar refractivity (Wildman–Crippen MR) is 101 cm³/mol. The summed E-state index contributed by atoms with van der Waals surface area (Å²) in [7, 11) is 3.98. The molecule has 3 rings (SSSR count). The molecule has 0 saturated heterocycles. The number of carboxylic acid groups (broad SMARTS) is 1. The first-order chi connectivity index (χ1) is 12.5. The van der Waals surface area contributed by atoms with Crippen LogP contribution in [0.1, 0.15) is 10.5 Å². The fourth-order valence-corrected chi connectivity index (χ4v) is 2.70. The molecule has 0 bridgehead atoms. The zero-order chi connectivity index (χ0) is 18.7. The highest BCUT2D eigenvalue weighted by Crippen LogP contribution is 2.26. The standard InChI is InChI=1S/C19H21N5O2/c1-23(2)15-5-3-13(4-6-15)16-11-14(7-9-21-16)17-12-18(19(25)26)24(22-17)10-8-20/h3-7,9,11-12H,8,10,20H2,1-2H3,(H,25,26). The summed E-state index contributed by atoms with van der Waals surface area (Å²) in [6.07, 6.45) is 1.70. The van der Waals surface area contributed by atoms with Crippen molar-refractivity contribution in [3.63, 3.8) is 0 Å². The summed E-state index contributed by atoms with van der Waals surface area (Å²) in [5, 5.41) is 13.7. The van der Waals surface area contributed by atoms with Crippen LogP contribution in [0.25, 0.3) is 22.5 Å². The molecule has 134 valence electrons. The van der Waals surface area contributed by atoms with E-state index in [9.17, 15) is 9.90 Å². The van der Waals surface area contributed by atoms with Crippen molar-refractivity contribution in [2.45, 2.75) is 6.54 Å². The van der Waals surface area contributed by atoms with Crippen LogP contribution >= 0.6 is 0 Å². The van der Waals surface area contributed by atoms with Gasteiger partial charge in [-0.25, -0.2) is 4.79 Å². The number of aromatic nitrogens is 3. The van der Waals surface area contributed by atoms with E-state index in [-0.39, 0.29) is 5.69 Å². The molecule has 2 aromatic heterocycles. The van der Waals surface area contributed by atoms with Crippen LogP contribution in [0.15, 0.2) is 48.7 Å². The Morgan fingerprint density at radius 3 is 2.46 bits per heavy atom. The van der Waals surface area contributed by atoms with Gasteiger partial charge in [0, 0.05) is 43.7 Å². The van der Waals surface area contributed by atoms with Gasteiger partial charge in [0.1, 0.15) is 5.69 Å². The number of carboxylic acids is 1. The van der Waals surface area contributed by atoms with Crippen molar-refractivity contribution in [2.24, 2.45) is 5.73 Å². The van der Waals surface area contributed by atoms with Crippen LogP contribution in [0.3, 0.4) is 0 Å². The van der Waals surface area contributed by atoms with E-state index in [1.54, 1.807) is 12.3 Å². The van der Waals surface area contributed by atoms with Gasteiger partial charge in [-0.3, -0.25) is 9.67 Å². The minimum atomic E-state index is -1.02. The van der Waals surface area contributed by atoms with Crippen molar-refractivity contribution in [2.75, 3.05) is 25.5 Å². The summed E-state index contributed by atoms with van der Waals surface area (Å²) in [6.45, 7) is 0.673. The molecule has 2 heterocycles. The highest BCUT2D eigenvalue weighted by molar-refractivity contribution is 5.87. The van der Waals surface area contributed by atoms with Crippen LogP contribution in [0.4, 0.5) is 5.69 Å². The largest absolute Gasteiger partial charge is 0.477 e. The monoisotopic (exact) mass is 351 g/mol. The second kappa shape index (κ2) is 7.37. The molecular weight excluding hydrogens is 330 g/mol. The van der Waals surface area contributed by atoms with Crippen LogP contribution in [-0.4, -0.2) is 46.5 Å². The molecule has 0 amide bonds. The van der Waals surface area contributed by atoms with E-state index in [1.807, 2.05) is 55.4 Å². The number of pyridine rings is 1. The van der Waals surface area contributed by atoms with Gasteiger partial charge in [-0.15, -0.1) is 0 Å². The molecule has 3 N–H and O–H groups in total. The van der Waals surface area contributed by atoms with Gasteiger partial charge in [0.15, 0.2) is 0 Å². The number of carbonyl (C=O) groups is 1. The lowest BCUT2D eigenvalue weighted by atomic mass is 10.1. The number of aromatic carboxylic acids is 1. The Labute approximate surface area is 151 Å². The van der Waals surface area contributed by atoms with Gasteiger partial charge in [-0.1, -0.05) is 12.1 Å². The van der Waals surface area contributed by atoms with Crippen LogP contribution in [0.5, 0.6) is 0 Å². The van der Waals surface area contributed by atoms with E-state index in [0.29, 0.717) is 18.8 Å². The van der Waals surface area contributed by atoms with Crippen LogP contribution in [0, 0.1) is 0 Å². The molecule has 3 aromatic rings. The number of benzene rings is 1. The zero-order valence-corrected chi connectivity index (χ0v) is 14.8. The average Bonchev–Trinajstić information content (AvgIpc) is 3.07. The van der Waals surface area contributed by atoms with Gasteiger partial charge in [0.2, 0.25) is 0 Å². The lowest BCUT2D eigenvalue weighted by molar-refractivity contribution is 0.0683. The molecule has 0 spiro atoms.